The topological polar surface area (TPSA) is 15.3 Å². The Morgan fingerprint density at radius 1 is 1.35 bits per heavy atom. The summed E-state index contributed by atoms with van der Waals surface area (Å²) in [4.78, 5) is 5.69. The van der Waals surface area contributed by atoms with Crippen LogP contribution in [0.1, 0.15) is 50.8 Å². The molecule has 2 heterocycles. The molecule has 2 rings (SSSR count). The van der Waals surface area contributed by atoms with Crippen LogP contribution in [0.25, 0.3) is 0 Å². The van der Waals surface area contributed by atoms with Crippen molar-refractivity contribution in [1.82, 2.24) is 10.2 Å². The molecule has 0 aliphatic carbocycles. The van der Waals surface area contributed by atoms with Crippen LogP contribution >= 0.6 is 11.3 Å². The SMILES string of the molecule is CCc1ccc(CN2CC(CC(C)C)NCC2(C)C)s1. The molecule has 0 spiro atoms. The van der Waals surface area contributed by atoms with Gasteiger partial charge in [-0.3, -0.25) is 4.90 Å². The molecule has 1 aliphatic rings. The molecule has 0 amide bonds. The van der Waals surface area contributed by atoms with E-state index >= 15 is 0 Å². The monoisotopic (exact) mass is 294 g/mol. The molecule has 1 aromatic heterocycles. The lowest BCUT2D eigenvalue weighted by molar-refractivity contribution is 0.0545. The van der Waals surface area contributed by atoms with E-state index in [9.17, 15) is 0 Å². The Hall–Kier alpha value is -0.380. The highest BCUT2D eigenvalue weighted by Gasteiger charge is 2.34. The van der Waals surface area contributed by atoms with Gasteiger partial charge in [-0.2, -0.15) is 0 Å². The zero-order valence-corrected chi connectivity index (χ0v) is 14.5. The minimum atomic E-state index is 0.254. The fraction of sp³-hybridized carbons (Fsp3) is 0.765. The van der Waals surface area contributed by atoms with Gasteiger partial charge in [-0.05, 0) is 44.7 Å². The van der Waals surface area contributed by atoms with E-state index in [0.717, 1.165) is 25.4 Å². The van der Waals surface area contributed by atoms with Crippen molar-refractivity contribution in [3.63, 3.8) is 0 Å². The second kappa shape index (κ2) is 6.59. The average Bonchev–Trinajstić information content (AvgIpc) is 2.81. The Balaban J connectivity index is 2.01. The van der Waals surface area contributed by atoms with Crippen LogP contribution in [0.2, 0.25) is 0 Å². The van der Waals surface area contributed by atoms with Crippen LogP contribution in [0.15, 0.2) is 12.1 Å². The molecule has 1 atom stereocenters. The minimum absolute atomic E-state index is 0.254. The molecule has 20 heavy (non-hydrogen) atoms. The van der Waals surface area contributed by atoms with Gasteiger partial charge in [0.15, 0.2) is 0 Å². The third-order valence-electron chi connectivity index (χ3n) is 4.29. The molecule has 2 nitrogen and oxygen atoms in total. The summed E-state index contributed by atoms with van der Waals surface area (Å²) in [5.41, 5.74) is 0.254. The predicted molar refractivity (Wildman–Crippen MR) is 89.4 cm³/mol. The molecule has 0 saturated carbocycles. The van der Waals surface area contributed by atoms with Gasteiger partial charge >= 0.3 is 0 Å². The summed E-state index contributed by atoms with van der Waals surface area (Å²) in [6.07, 6.45) is 2.43. The molecule has 1 saturated heterocycles. The van der Waals surface area contributed by atoms with Crippen molar-refractivity contribution in [3.8, 4) is 0 Å². The van der Waals surface area contributed by atoms with E-state index in [0.29, 0.717) is 6.04 Å². The standard InChI is InChI=1S/C17H30N2S/c1-6-15-7-8-16(20-15)11-19-10-14(9-13(2)3)18-12-17(19,4)5/h7-8,13-14,18H,6,9-12H2,1-5H3. The van der Waals surface area contributed by atoms with Crippen LogP contribution < -0.4 is 5.32 Å². The molecule has 1 N–H and O–H groups in total. The van der Waals surface area contributed by atoms with Crippen LogP contribution in [-0.2, 0) is 13.0 Å². The molecular weight excluding hydrogens is 264 g/mol. The lowest BCUT2D eigenvalue weighted by Gasteiger charge is -2.46. The number of hydrogen-bond acceptors (Lipinski definition) is 3. The van der Waals surface area contributed by atoms with Crippen molar-refractivity contribution in [2.75, 3.05) is 13.1 Å². The van der Waals surface area contributed by atoms with Crippen LogP contribution in [0, 0.1) is 5.92 Å². The molecule has 3 heteroatoms. The maximum atomic E-state index is 3.73. The molecule has 1 fully saturated rings. The third kappa shape index (κ3) is 4.06. The first-order valence-corrected chi connectivity index (χ1v) is 8.78. The second-order valence-electron chi connectivity index (χ2n) is 7.12. The fourth-order valence-corrected chi connectivity index (χ4v) is 3.95. The number of hydrogen-bond donors (Lipinski definition) is 1. The van der Waals surface area contributed by atoms with Gasteiger partial charge in [0.2, 0.25) is 0 Å². The van der Waals surface area contributed by atoms with E-state index in [-0.39, 0.29) is 5.54 Å². The number of nitrogens with one attached hydrogen (secondary N) is 1. The van der Waals surface area contributed by atoms with Gasteiger partial charge in [0.25, 0.3) is 0 Å². The minimum Gasteiger partial charge on any atom is -0.311 e. The van der Waals surface area contributed by atoms with Gasteiger partial charge in [-0.15, -0.1) is 11.3 Å². The number of nitrogens with zero attached hydrogens (tertiary/aromatic N) is 1. The Kier molecular flexibility index (Phi) is 5.27. The van der Waals surface area contributed by atoms with E-state index in [1.165, 1.54) is 22.7 Å². The van der Waals surface area contributed by atoms with E-state index in [4.69, 9.17) is 0 Å². The number of piperazine rings is 1. The zero-order valence-electron chi connectivity index (χ0n) is 13.7. The van der Waals surface area contributed by atoms with Crippen LogP contribution in [0.5, 0.6) is 0 Å². The van der Waals surface area contributed by atoms with Gasteiger partial charge in [0.1, 0.15) is 0 Å². The fourth-order valence-electron chi connectivity index (χ4n) is 2.97. The van der Waals surface area contributed by atoms with Crippen LogP contribution in [0.3, 0.4) is 0 Å². The summed E-state index contributed by atoms with van der Waals surface area (Å²) in [6.45, 7) is 15.0. The summed E-state index contributed by atoms with van der Waals surface area (Å²) in [7, 11) is 0. The highest BCUT2D eigenvalue weighted by atomic mass is 32.1. The van der Waals surface area contributed by atoms with E-state index in [2.05, 4.69) is 57.0 Å². The highest BCUT2D eigenvalue weighted by molar-refractivity contribution is 7.11. The first kappa shape index (κ1) is 16.0. The largest absolute Gasteiger partial charge is 0.311 e. The zero-order chi connectivity index (χ0) is 14.8. The lowest BCUT2D eigenvalue weighted by Crippen LogP contribution is -2.61. The number of thiophene rings is 1. The van der Waals surface area contributed by atoms with Gasteiger partial charge in [0, 0.05) is 41.0 Å². The molecule has 1 unspecified atom stereocenters. The van der Waals surface area contributed by atoms with Crippen molar-refractivity contribution < 1.29 is 0 Å². The lowest BCUT2D eigenvalue weighted by atomic mass is 9.93. The summed E-state index contributed by atoms with van der Waals surface area (Å²) < 4.78 is 0. The van der Waals surface area contributed by atoms with Gasteiger partial charge in [-0.25, -0.2) is 0 Å². The summed E-state index contributed by atoms with van der Waals surface area (Å²) in [5.74, 6) is 0.768. The maximum absolute atomic E-state index is 3.73. The van der Waals surface area contributed by atoms with Crippen molar-refractivity contribution in [1.29, 1.82) is 0 Å². The molecule has 1 aromatic rings. The Bertz CT molecular complexity index is 422. The van der Waals surface area contributed by atoms with Crippen molar-refractivity contribution in [3.05, 3.63) is 21.9 Å². The number of aryl methyl sites for hydroxylation is 1. The molecule has 1 aliphatic heterocycles. The first-order chi connectivity index (χ1) is 9.40. The molecule has 0 bridgehead atoms. The smallest absolute Gasteiger partial charge is 0.0334 e. The molecular formula is C17H30N2S. The summed E-state index contributed by atoms with van der Waals surface area (Å²) in [6, 6.07) is 5.26. The Morgan fingerprint density at radius 3 is 2.65 bits per heavy atom. The molecule has 0 radical (unpaired) electrons. The summed E-state index contributed by atoms with van der Waals surface area (Å²) >= 11 is 1.98. The van der Waals surface area contributed by atoms with E-state index in [1.807, 2.05) is 11.3 Å². The normalized spacial score (nSPS) is 23.4. The van der Waals surface area contributed by atoms with Crippen molar-refractivity contribution in [2.24, 2.45) is 5.92 Å². The average molecular weight is 295 g/mol. The van der Waals surface area contributed by atoms with Gasteiger partial charge in [0.05, 0.1) is 0 Å². The predicted octanol–water partition coefficient (Wildman–Crippen LogP) is 3.91. The Labute approximate surface area is 128 Å². The maximum Gasteiger partial charge on any atom is 0.0334 e. The van der Waals surface area contributed by atoms with Gasteiger partial charge in [-0.1, -0.05) is 20.8 Å². The number of rotatable bonds is 5. The summed E-state index contributed by atoms with van der Waals surface area (Å²) in [5, 5.41) is 3.73. The van der Waals surface area contributed by atoms with E-state index < -0.39 is 0 Å². The molecule has 0 aromatic carbocycles. The van der Waals surface area contributed by atoms with Crippen LogP contribution in [0.4, 0.5) is 0 Å². The molecule has 114 valence electrons. The van der Waals surface area contributed by atoms with Crippen molar-refractivity contribution >= 4 is 11.3 Å². The quantitative estimate of drug-likeness (QED) is 0.886. The second-order valence-corrected chi connectivity index (χ2v) is 8.37. The van der Waals surface area contributed by atoms with Crippen molar-refractivity contribution in [2.45, 2.75) is 65.6 Å². The van der Waals surface area contributed by atoms with E-state index in [1.54, 1.807) is 0 Å². The highest BCUT2D eigenvalue weighted by Crippen LogP contribution is 2.26. The Morgan fingerprint density at radius 2 is 2.05 bits per heavy atom. The van der Waals surface area contributed by atoms with Crippen LogP contribution in [-0.4, -0.2) is 29.6 Å². The third-order valence-corrected chi connectivity index (χ3v) is 5.50. The first-order valence-electron chi connectivity index (χ1n) is 7.96. The van der Waals surface area contributed by atoms with Gasteiger partial charge < -0.3 is 5.32 Å².